The van der Waals surface area contributed by atoms with Crippen molar-refractivity contribution in [3.63, 3.8) is 0 Å². The van der Waals surface area contributed by atoms with Gasteiger partial charge >= 0.3 is 0 Å². The maximum absolute atomic E-state index is 13.2. The monoisotopic (exact) mass is 390 g/mol. The fourth-order valence-corrected chi connectivity index (χ4v) is 3.78. The van der Waals surface area contributed by atoms with E-state index in [4.69, 9.17) is 9.84 Å². The molecule has 1 unspecified atom stereocenters. The molecule has 1 aliphatic rings. The molecule has 6 heteroatoms. The number of aromatic nitrogens is 2. The van der Waals surface area contributed by atoms with Gasteiger partial charge in [0.25, 0.3) is 5.91 Å². The van der Waals surface area contributed by atoms with E-state index in [-0.39, 0.29) is 5.91 Å². The second kappa shape index (κ2) is 8.49. The molecule has 0 saturated carbocycles. The van der Waals surface area contributed by atoms with Crippen molar-refractivity contribution < 1.29 is 9.53 Å². The molecule has 0 aliphatic carbocycles. The number of hydrogen-bond donors (Lipinski definition) is 1. The van der Waals surface area contributed by atoms with Crippen LogP contribution in [0.5, 0.6) is 5.75 Å². The van der Waals surface area contributed by atoms with Crippen molar-refractivity contribution in [1.29, 1.82) is 0 Å². The number of piperidine rings is 1. The van der Waals surface area contributed by atoms with E-state index < -0.39 is 0 Å². The fraction of sp³-hybridized carbons (Fsp3) is 0.304. The van der Waals surface area contributed by atoms with Crippen molar-refractivity contribution in [2.45, 2.75) is 18.9 Å². The third-order valence-electron chi connectivity index (χ3n) is 5.43. The van der Waals surface area contributed by atoms with Crippen molar-refractivity contribution >= 4 is 5.91 Å². The summed E-state index contributed by atoms with van der Waals surface area (Å²) < 4.78 is 7.12. The van der Waals surface area contributed by atoms with Crippen LogP contribution in [-0.4, -0.2) is 53.9 Å². The SMILES string of the molecule is CNC1CCCN(C(=O)c2cc(-c3ccc(OC)cc3)n(-c3ccccc3)n2)C1. The molecule has 1 fully saturated rings. The van der Waals surface area contributed by atoms with Crippen LogP contribution in [0.3, 0.4) is 0 Å². The lowest BCUT2D eigenvalue weighted by atomic mass is 10.1. The van der Waals surface area contributed by atoms with Gasteiger partial charge in [-0.3, -0.25) is 4.79 Å². The highest BCUT2D eigenvalue weighted by molar-refractivity contribution is 5.93. The van der Waals surface area contributed by atoms with Gasteiger partial charge in [0.1, 0.15) is 5.75 Å². The molecule has 1 atom stereocenters. The lowest BCUT2D eigenvalue weighted by Gasteiger charge is -2.32. The second-order valence-corrected chi connectivity index (χ2v) is 7.27. The third kappa shape index (κ3) is 4.03. The van der Waals surface area contributed by atoms with Crippen molar-refractivity contribution in [1.82, 2.24) is 20.0 Å². The molecule has 1 aromatic heterocycles. The molecular formula is C23H26N4O2. The fourth-order valence-electron chi connectivity index (χ4n) is 3.78. The van der Waals surface area contributed by atoms with E-state index in [2.05, 4.69) is 5.32 Å². The van der Waals surface area contributed by atoms with Crippen LogP contribution in [-0.2, 0) is 0 Å². The molecule has 2 heterocycles. The maximum Gasteiger partial charge on any atom is 0.274 e. The van der Waals surface area contributed by atoms with Gasteiger partial charge in [-0.15, -0.1) is 0 Å². The first-order valence-corrected chi connectivity index (χ1v) is 9.96. The maximum atomic E-state index is 13.2. The van der Waals surface area contributed by atoms with Crippen molar-refractivity contribution in [3.05, 3.63) is 66.4 Å². The number of likely N-dealkylation sites (tertiary alicyclic amines) is 1. The van der Waals surface area contributed by atoms with Gasteiger partial charge in [0, 0.05) is 24.7 Å². The van der Waals surface area contributed by atoms with E-state index in [1.54, 1.807) is 7.11 Å². The Morgan fingerprint density at radius 1 is 1.14 bits per heavy atom. The van der Waals surface area contributed by atoms with E-state index in [9.17, 15) is 4.79 Å². The first-order chi connectivity index (χ1) is 14.2. The van der Waals surface area contributed by atoms with E-state index in [1.807, 2.05) is 77.3 Å². The predicted octanol–water partition coefficient (Wildman–Crippen LogP) is 3.37. The number of nitrogens with one attached hydrogen (secondary N) is 1. The number of para-hydroxylation sites is 1. The minimum absolute atomic E-state index is 0.0191. The van der Waals surface area contributed by atoms with Crippen LogP contribution in [0.15, 0.2) is 60.7 Å². The number of ether oxygens (including phenoxy) is 1. The van der Waals surface area contributed by atoms with E-state index in [0.29, 0.717) is 18.3 Å². The smallest absolute Gasteiger partial charge is 0.274 e. The van der Waals surface area contributed by atoms with Gasteiger partial charge in [0.2, 0.25) is 0 Å². The van der Waals surface area contributed by atoms with Gasteiger partial charge in [0.15, 0.2) is 5.69 Å². The molecule has 150 valence electrons. The largest absolute Gasteiger partial charge is 0.497 e. The summed E-state index contributed by atoms with van der Waals surface area (Å²) in [6.07, 6.45) is 2.10. The predicted molar refractivity (Wildman–Crippen MR) is 114 cm³/mol. The van der Waals surface area contributed by atoms with Crippen LogP contribution >= 0.6 is 0 Å². The Hall–Kier alpha value is -3.12. The minimum atomic E-state index is -0.0191. The molecule has 1 N–H and O–H groups in total. The van der Waals surface area contributed by atoms with E-state index >= 15 is 0 Å². The number of benzene rings is 2. The zero-order chi connectivity index (χ0) is 20.2. The average Bonchev–Trinajstić information content (AvgIpc) is 3.24. The van der Waals surface area contributed by atoms with Gasteiger partial charge in [-0.1, -0.05) is 18.2 Å². The van der Waals surface area contributed by atoms with Gasteiger partial charge in [-0.05, 0) is 62.4 Å². The zero-order valence-electron chi connectivity index (χ0n) is 16.8. The number of carbonyl (C=O) groups is 1. The number of amides is 1. The summed E-state index contributed by atoms with van der Waals surface area (Å²) in [5.74, 6) is 0.775. The molecule has 29 heavy (non-hydrogen) atoms. The molecule has 0 bridgehead atoms. The molecule has 4 rings (SSSR count). The van der Waals surface area contributed by atoms with Crippen LogP contribution in [0.4, 0.5) is 0 Å². The van der Waals surface area contributed by atoms with Gasteiger partial charge in [-0.2, -0.15) is 5.10 Å². The quantitative estimate of drug-likeness (QED) is 0.726. The average molecular weight is 390 g/mol. The Balaban J connectivity index is 1.72. The van der Waals surface area contributed by atoms with Gasteiger partial charge in [0.05, 0.1) is 18.5 Å². The van der Waals surface area contributed by atoms with Crippen LogP contribution < -0.4 is 10.1 Å². The van der Waals surface area contributed by atoms with Crippen LogP contribution in [0.2, 0.25) is 0 Å². The molecule has 1 aliphatic heterocycles. The molecule has 2 aromatic carbocycles. The number of carbonyl (C=O) groups excluding carboxylic acids is 1. The Kier molecular flexibility index (Phi) is 5.62. The number of nitrogens with zero attached hydrogens (tertiary/aromatic N) is 3. The van der Waals surface area contributed by atoms with Crippen LogP contribution in [0.1, 0.15) is 23.3 Å². The van der Waals surface area contributed by atoms with E-state index in [1.165, 1.54) is 0 Å². The highest BCUT2D eigenvalue weighted by atomic mass is 16.5. The number of methoxy groups -OCH3 is 1. The first-order valence-electron chi connectivity index (χ1n) is 9.96. The van der Waals surface area contributed by atoms with Gasteiger partial charge in [-0.25, -0.2) is 4.68 Å². The summed E-state index contributed by atoms with van der Waals surface area (Å²) in [4.78, 5) is 15.1. The summed E-state index contributed by atoms with van der Waals surface area (Å²) in [6.45, 7) is 1.48. The highest BCUT2D eigenvalue weighted by Gasteiger charge is 2.26. The standard InChI is InChI=1S/C23H26N4O2/c1-24-18-7-6-14-26(16-18)23(28)21-15-22(17-10-12-20(29-2)13-11-17)27(25-21)19-8-4-3-5-9-19/h3-5,8-13,15,18,24H,6-7,14,16H2,1-2H3. The summed E-state index contributed by atoms with van der Waals surface area (Å²) >= 11 is 0. The number of rotatable bonds is 5. The van der Waals surface area contributed by atoms with Crippen molar-refractivity contribution in [2.24, 2.45) is 0 Å². The first kappa shape index (κ1) is 19.2. The Labute approximate surface area is 171 Å². The van der Waals surface area contributed by atoms with Crippen LogP contribution in [0.25, 0.3) is 16.9 Å². The lowest BCUT2D eigenvalue weighted by Crippen LogP contribution is -2.47. The number of hydrogen-bond acceptors (Lipinski definition) is 4. The van der Waals surface area contributed by atoms with Crippen LogP contribution in [0, 0.1) is 0 Å². The molecular weight excluding hydrogens is 364 g/mol. The Morgan fingerprint density at radius 3 is 2.59 bits per heavy atom. The minimum Gasteiger partial charge on any atom is -0.497 e. The second-order valence-electron chi connectivity index (χ2n) is 7.27. The Bertz CT molecular complexity index is 966. The lowest BCUT2D eigenvalue weighted by molar-refractivity contribution is 0.0691. The van der Waals surface area contributed by atoms with Gasteiger partial charge < -0.3 is 15.0 Å². The molecule has 1 amide bonds. The van der Waals surface area contributed by atoms with Crippen molar-refractivity contribution in [2.75, 3.05) is 27.2 Å². The topological polar surface area (TPSA) is 59.4 Å². The van der Waals surface area contributed by atoms with Crippen molar-refractivity contribution in [3.8, 4) is 22.7 Å². The zero-order valence-corrected chi connectivity index (χ0v) is 16.8. The molecule has 1 saturated heterocycles. The van der Waals surface area contributed by atoms with E-state index in [0.717, 1.165) is 42.1 Å². The Morgan fingerprint density at radius 2 is 1.90 bits per heavy atom. The molecule has 0 spiro atoms. The summed E-state index contributed by atoms with van der Waals surface area (Å²) in [6, 6.07) is 19.9. The molecule has 0 radical (unpaired) electrons. The highest BCUT2D eigenvalue weighted by Crippen LogP contribution is 2.27. The number of likely N-dealkylation sites (N-methyl/N-ethyl adjacent to an activating group) is 1. The summed E-state index contributed by atoms with van der Waals surface area (Å²) in [7, 11) is 3.60. The molecule has 3 aromatic rings. The third-order valence-corrected chi connectivity index (χ3v) is 5.43. The summed E-state index contributed by atoms with van der Waals surface area (Å²) in [5.41, 5.74) is 3.25. The normalized spacial score (nSPS) is 16.6. The summed E-state index contributed by atoms with van der Waals surface area (Å²) in [5, 5.41) is 7.99. The molecule has 6 nitrogen and oxygen atoms in total.